The van der Waals surface area contributed by atoms with E-state index in [0.717, 1.165) is 19.4 Å². The van der Waals surface area contributed by atoms with Crippen molar-refractivity contribution in [2.75, 3.05) is 20.2 Å². The molecule has 0 heterocycles. The van der Waals surface area contributed by atoms with E-state index in [1.807, 2.05) is 0 Å². The smallest absolute Gasteiger partial charge is 0.320 e. The SMILES string of the molecule is CCCCNCC(Br)C(=O)OC. The molecule has 0 aliphatic heterocycles. The number of alkyl halides is 1. The molecule has 1 atom stereocenters. The molecule has 0 radical (unpaired) electrons. The van der Waals surface area contributed by atoms with Crippen LogP contribution in [0.2, 0.25) is 0 Å². The van der Waals surface area contributed by atoms with Crippen LogP contribution in [0.4, 0.5) is 0 Å². The molecular formula is C8H16BrNO2. The summed E-state index contributed by atoms with van der Waals surface area (Å²) < 4.78 is 4.54. The van der Waals surface area contributed by atoms with Crippen molar-refractivity contribution >= 4 is 21.9 Å². The van der Waals surface area contributed by atoms with E-state index in [2.05, 4.69) is 32.9 Å². The molecule has 0 saturated heterocycles. The van der Waals surface area contributed by atoms with Gasteiger partial charge in [0.2, 0.25) is 0 Å². The van der Waals surface area contributed by atoms with E-state index < -0.39 is 0 Å². The fraction of sp³-hybridized carbons (Fsp3) is 0.875. The monoisotopic (exact) mass is 237 g/mol. The number of halogens is 1. The maximum Gasteiger partial charge on any atom is 0.320 e. The molecule has 0 amide bonds. The summed E-state index contributed by atoms with van der Waals surface area (Å²) in [5.74, 6) is -0.223. The van der Waals surface area contributed by atoms with Crippen molar-refractivity contribution in [1.82, 2.24) is 5.32 Å². The molecule has 0 aliphatic carbocycles. The first-order valence-corrected chi connectivity index (χ1v) is 5.06. The average Bonchev–Trinajstić information content (AvgIpc) is 2.10. The summed E-state index contributed by atoms with van der Waals surface area (Å²) >= 11 is 3.22. The number of esters is 1. The Bertz CT molecular complexity index is 130. The summed E-state index contributed by atoms with van der Waals surface area (Å²) in [6.07, 6.45) is 2.30. The third-order valence-corrected chi connectivity index (χ3v) is 2.19. The first kappa shape index (κ1) is 11.9. The van der Waals surface area contributed by atoms with E-state index in [9.17, 15) is 4.79 Å². The van der Waals surface area contributed by atoms with Crippen molar-refractivity contribution in [3.8, 4) is 0 Å². The Morgan fingerprint density at radius 1 is 1.67 bits per heavy atom. The van der Waals surface area contributed by atoms with Crippen LogP contribution in [0.3, 0.4) is 0 Å². The Morgan fingerprint density at radius 2 is 2.33 bits per heavy atom. The topological polar surface area (TPSA) is 38.3 Å². The maximum atomic E-state index is 10.9. The molecule has 0 rings (SSSR count). The van der Waals surface area contributed by atoms with E-state index in [1.54, 1.807) is 0 Å². The standard InChI is InChI=1S/C8H16BrNO2/c1-3-4-5-10-6-7(9)8(11)12-2/h7,10H,3-6H2,1-2H3. The van der Waals surface area contributed by atoms with Crippen molar-refractivity contribution < 1.29 is 9.53 Å². The third kappa shape index (κ3) is 5.55. The maximum absolute atomic E-state index is 10.9. The van der Waals surface area contributed by atoms with Crippen LogP contribution >= 0.6 is 15.9 Å². The van der Waals surface area contributed by atoms with Crippen LogP contribution in [0.5, 0.6) is 0 Å². The summed E-state index contributed by atoms with van der Waals surface area (Å²) in [7, 11) is 1.39. The van der Waals surface area contributed by atoms with E-state index in [4.69, 9.17) is 0 Å². The minimum absolute atomic E-state index is 0.223. The zero-order chi connectivity index (χ0) is 9.40. The Kier molecular flexibility index (Phi) is 7.50. The predicted octanol–water partition coefficient (Wildman–Crippen LogP) is 1.31. The Labute approximate surface area is 82.0 Å². The number of carbonyl (C=O) groups is 1. The van der Waals surface area contributed by atoms with Crippen LogP contribution in [0, 0.1) is 0 Å². The molecule has 0 aromatic rings. The van der Waals surface area contributed by atoms with Gasteiger partial charge >= 0.3 is 5.97 Å². The van der Waals surface area contributed by atoms with Crippen LogP contribution < -0.4 is 5.32 Å². The molecule has 1 N–H and O–H groups in total. The zero-order valence-electron chi connectivity index (χ0n) is 7.60. The van der Waals surface area contributed by atoms with Gasteiger partial charge < -0.3 is 10.1 Å². The Hall–Kier alpha value is -0.0900. The molecule has 0 aliphatic rings. The number of methoxy groups -OCH3 is 1. The fourth-order valence-electron chi connectivity index (χ4n) is 0.742. The summed E-state index contributed by atoms with van der Waals surface area (Å²) in [6, 6.07) is 0. The third-order valence-electron chi connectivity index (χ3n) is 1.49. The Morgan fingerprint density at radius 3 is 2.83 bits per heavy atom. The van der Waals surface area contributed by atoms with E-state index >= 15 is 0 Å². The minimum Gasteiger partial charge on any atom is -0.468 e. The van der Waals surface area contributed by atoms with Gasteiger partial charge in [-0.15, -0.1) is 0 Å². The molecule has 12 heavy (non-hydrogen) atoms. The first-order valence-electron chi connectivity index (χ1n) is 4.15. The van der Waals surface area contributed by atoms with Crippen molar-refractivity contribution in [1.29, 1.82) is 0 Å². The van der Waals surface area contributed by atoms with Crippen LogP contribution in [0.1, 0.15) is 19.8 Å². The lowest BCUT2D eigenvalue weighted by molar-refractivity contribution is -0.139. The number of hydrogen-bond donors (Lipinski definition) is 1. The lowest BCUT2D eigenvalue weighted by atomic mass is 10.3. The zero-order valence-corrected chi connectivity index (χ0v) is 9.19. The number of rotatable bonds is 6. The van der Waals surface area contributed by atoms with Gasteiger partial charge in [0.05, 0.1) is 7.11 Å². The highest BCUT2D eigenvalue weighted by molar-refractivity contribution is 9.10. The molecule has 0 spiro atoms. The van der Waals surface area contributed by atoms with Crippen molar-refractivity contribution in [3.05, 3.63) is 0 Å². The van der Waals surface area contributed by atoms with Gasteiger partial charge in [0.25, 0.3) is 0 Å². The normalized spacial score (nSPS) is 12.6. The second-order valence-electron chi connectivity index (χ2n) is 2.55. The fourth-order valence-corrected chi connectivity index (χ4v) is 1.16. The summed E-state index contributed by atoms with van der Waals surface area (Å²) in [6.45, 7) is 3.72. The van der Waals surface area contributed by atoms with E-state index in [-0.39, 0.29) is 10.8 Å². The molecular weight excluding hydrogens is 222 g/mol. The van der Waals surface area contributed by atoms with Gasteiger partial charge in [-0.1, -0.05) is 29.3 Å². The van der Waals surface area contributed by atoms with E-state index in [0.29, 0.717) is 6.54 Å². The van der Waals surface area contributed by atoms with Gasteiger partial charge in [0.15, 0.2) is 0 Å². The molecule has 72 valence electrons. The number of unbranched alkanes of at least 4 members (excludes halogenated alkanes) is 1. The molecule has 0 saturated carbocycles. The van der Waals surface area contributed by atoms with Gasteiger partial charge in [-0.3, -0.25) is 4.79 Å². The van der Waals surface area contributed by atoms with Crippen LogP contribution in [0.25, 0.3) is 0 Å². The second kappa shape index (κ2) is 7.55. The summed E-state index contributed by atoms with van der Waals surface area (Å²) in [5, 5.41) is 3.15. The quantitative estimate of drug-likeness (QED) is 0.430. The average molecular weight is 238 g/mol. The van der Waals surface area contributed by atoms with Gasteiger partial charge in [0.1, 0.15) is 4.83 Å². The highest BCUT2D eigenvalue weighted by Gasteiger charge is 2.13. The van der Waals surface area contributed by atoms with Crippen LogP contribution in [-0.2, 0) is 9.53 Å². The van der Waals surface area contributed by atoms with Crippen molar-refractivity contribution in [2.24, 2.45) is 0 Å². The van der Waals surface area contributed by atoms with Gasteiger partial charge in [-0.25, -0.2) is 0 Å². The lowest BCUT2D eigenvalue weighted by Crippen LogP contribution is -2.30. The van der Waals surface area contributed by atoms with Gasteiger partial charge in [0, 0.05) is 6.54 Å². The first-order chi connectivity index (χ1) is 5.72. The minimum atomic E-state index is -0.223. The highest BCUT2D eigenvalue weighted by Crippen LogP contribution is 1.99. The van der Waals surface area contributed by atoms with Gasteiger partial charge in [-0.05, 0) is 13.0 Å². The molecule has 4 heteroatoms. The second-order valence-corrected chi connectivity index (χ2v) is 3.65. The number of ether oxygens (including phenoxy) is 1. The van der Waals surface area contributed by atoms with Crippen molar-refractivity contribution in [3.63, 3.8) is 0 Å². The largest absolute Gasteiger partial charge is 0.468 e. The number of hydrogen-bond acceptors (Lipinski definition) is 3. The van der Waals surface area contributed by atoms with Crippen molar-refractivity contribution in [2.45, 2.75) is 24.6 Å². The lowest BCUT2D eigenvalue weighted by Gasteiger charge is -2.07. The van der Waals surface area contributed by atoms with E-state index in [1.165, 1.54) is 7.11 Å². The molecule has 0 aromatic carbocycles. The summed E-state index contributed by atoms with van der Waals surface area (Å²) in [5.41, 5.74) is 0. The molecule has 3 nitrogen and oxygen atoms in total. The van der Waals surface area contributed by atoms with Gasteiger partial charge in [-0.2, -0.15) is 0 Å². The molecule has 1 unspecified atom stereocenters. The molecule has 0 fully saturated rings. The number of carbonyl (C=O) groups excluding carboxylic acids is 1. The molecule has 0 aromatic heterocycles. The summed E-state index contributed by atoms with van der Waals surface area (Å²) in [4.78, 5) is 10.6. The number of nitrogens with one attached hydrogen (secondary N) is 1. The predicted molar refractivity (Wildman–Crippen MR) is 52.5 cm³/mol. The molecule has 0 bridgehead atoms. The van der Waals surface area contributed by atoms with Crippen LogP contribution in [-0.4, -0.2) is 31.0 Å². The Balaban J connectivity index is 3.31. The van der Waals surface area contributed by atoms with Crippen LogP contribution in [0.15, 0.2) is 0 Å². The highest BCUT2D eigenvalue weighted by atomic mass is 79.9.